The minimum Gasteiger partial charge on any atom is -0.463 e. The minimum atomic E-state index is -1.35. The Kier molecular flexibility index (Phi) is 6.44. The zero-order chi connectivity index (χ0) is 20.3. The summed E-state index contributed by atoms with van der Waals surface area (Å²) in [6, 6.07) is 0. The average molecular weight is 404 g/mol. The number of esters is 3. The van der Waals surface area contributed by atoms with Crippen LogP contribution in [0.2, 0.25) is 0 Å². The maximum Gasteiger partial charge on any atom is 0.328 e. The highest BCUT2D eigenvalue weighted by Gasteiger charge is 2.51. The van der Waals surface area contributed by atoms with E-state index in [4.69, 9.17) is 18.9 Å². The summed E-state index contributed by atoms with van der Waals surface area (Å²) in [4.78, 5) is 48.3. The van der Waals surface area contributed by atoms with Crippen LogP contribution in [0.15, 0.2) is 11.0 Å². The largest absolute Gasteiger partial charge is 0.463 e. The third-order valence-electron chi connectivity index (χ3n) is 3.54. The van der Waals surface area contributed by atoms with E-state index in [1.807, 2.05) is 0 Å². The zero-order valence-electron chi connectivity index (χ0n) is 14.6. The van der Waals surface area contributed by atoms with Crippen LogP contribution in [-0.4, -0.2) is 52.4 Å². The van der Waals surface area contributed by atoms with Crippen molar-refractivity contribution < 1.29 is 37.7 Å². The van der Waals surface area contributed by atoms with Crippen molar-refractivity contribution in [2.45, 2.75) is 45.3 Å². The Morgan fingerprint density at radius 2 is 1.78 bits per heavy atom. The van der Waals surface area contributed by atoms with Gasteiger partial charge in [-0.15, -0.1) is 0 Å². The lowest BCUT2D eigenvalue weighted by atomic mass is 10.1. The molecule has 1 fully saturated rings. The number of rotatable bonds is 5. The standard InChI is InChI=1S/C15H17FN2O8S/c1-6(19)23-5-10-11(24-7(2)20)12(25-8(3)21)14(26-10)18-4-9(16)13(27)17-15(18)22/h4,10-12,14H,5H2,1-3H3,(H,17,22,27)/t10-,11-,12-,14-/m1/s1. The second-order valence-electron chi connectivity index (χ2n) is 5.66. The summed E-state index contributed by atoms with van der Waals surface area (Å²) >= 11 is 4.65. The molecule has 0 aliphatic carbocycles. The fourth-order valence-corrected chi connectivity index (χ4v) is 2.71. The van der Waals surface area contributed by atoms with Crippen LogP contribution in [-0.2, 0) is 33.3 Å². The van der Waals surface area contributed by atoms with E-state index < -0.39 is 58.6 Å². The molecule has 12 heteroatoms. The van der Waals surface area contributed by atoms with Crippen molar-refractivity contribution in [2.75, 3.05) is 6.61 Å². The van der Waals surface area contributed by atoms with E-state index in [0.29, 0.717) is 0 Å². The first-order valence-corrected chi connectivity index (χ1v) is 8.15. The van der Waals surface area contributed by atoms with Gasteiger partial charge >= 0.3 is 23.6 Å². The number of aromatic nitrogens is 2. The van der Waals surface area contributed by atoms with Gasteiger partial charge < -0.3 is 18.9 Å². The monoisotopic (exact) mass is 404 g/mol. The van der Waals surface area contributed by atoms with Gasteiger partial charge in [0.1, 0.15) is 17.4 Å². The number of ether oxygens (including phenoxy) is 4. The number of H-pyrrole nitrogens is 1. The van der Waals surface area contributed by atoms with Crippen molar-refractivity contribution >= 4 is 30.1 Å². The summed E-state index contributed by atoms with van der Waals surface area (Å²) in [5, 5.41) is 0. The summed E-state index contributed by atoms with van der Waals surface area (Å²) in [7, 11) is 0. The molecule has 0 radical (unpaired) electrons. The van der Waals surface area contributed by atoms with Crippen LogP contribution in [0.4, 0.5) is 4.39 Å². The molecular weight excluding hydrogens is 387 g/mol. The third-order valence-corrected chi connectivity index (χ3v) is 3.84. The minimum absolute atomic E-state index is 0.346. The molecule has 27 heavy (non-hydrogen) atoms. The van der Waals surface area contributed by atoms with Gasteiger partial charge in [-0.3, -0.25) is 23.9 Å². The van der Waals surface area contributed by atoms with Crippen LogP contribution in [0.1, 0.15) is 27.0 Å². The Morgan fingerprint density at radius 3 is 2.33 bits per heavy atom. The molecule has 0 aromatic carbocycles. The topological polar surface area (TPSA) is 126 Å². The maximum atomic E-state index is 13.8. The number of halogens is 1. The molecule has 10 nitrogen and oxygen atoms in total. The highest BCUT2D eigenvalue weighted by molar-refractivity contribution is 7.71. The molecular formula is C15H17FN2O8S. The fourth-order valence-electron chi connectivity index (χ4n) is 2.57. The Hall–Kier alpha value is -2.60. The molecule has 0 saturated carbocycles. The Morgan fingerprint density at radius 1 is 1.19 bits per heavy atom. The molecule has 0 amide bonds. The van der Waals surface area contributed by atoms with E-state index in [1.54, 1.807) is 0 Å². The van der Waals surface area contributed by atoms with E-state index >= 15 is 0 Å². The second kappa shape index (κ2) is 8.39. The van der Waals surface area contributed by atoms with Gasteiger partial charge in [0.25, 0.3) is 0 Å². The number of aromatic amines is 1. The Bertz CT molecular complexity index is 866. The van der Waals surface area contributed by atoms with Crippen LogP contribution in [0.25, 0.3) is 0 Å². The molecule has 0 unspecified atom stereocenters. The lowest BCUT2D eigenvalue weighted by Gasteiger charge is -2.23. The van der Waals surface area contributed by atoms with Gasteiger partial charge in [0, 0.05) is 20.8 Å². The van der Waals surface area contributed by atoms with Gasteiger partial charge in [0.15, 0.2) is 24.3 Å². The van der Waals surface area contributed by atoms with Crippen LogP contribution < -0.4 is 5.69 Å². The number of hydrogen-bond acceptors (Lipinski definition) is 9. The lowest BCUT2D eigenvalue weighted by molar-refractivity contribution is -0.166. The molecule has 4 atom stereocenters. The highest BCUT2D eigenvalue weighted by atomic mass is 32.1. The lowest BCUT2D eigenvalue weighted by Crippen LogP contribution is -2.42. The normalized spacial score (nSPS) is 24.3. The SMILES string of the molecule is CC(=O)OC[C@H]1O[C@@H](n2cc(F)c(=S)[nH]c2=O)[C@H](OC(C)=O)[C@@H]1OC(C)=O. The molecule has 1 aliphatic heterocycles. The van der Waals surface area contributed by atoms with Crippen LogP contribution in [0, 0.1) is 10.5 Å². The first kappa shape index (κ1) is 20.7. The molecule has 148 valence electrons. The summed E-state index contributed by atoms with van der Waals surface area (Å²) in [5.74, 6) is -3.02. The Balaban J connectivity index is 2.47. The summed E-state index contributed by atoms with van der Waals surface area (Å²) in [6.07, 6.45) is -4.14. The van der Waals surface area contributed by atoms with Gasteiger partial charge in [0.2, 0.25) is 0 Å². The first-order chi connectivity index (χ1) is 12.6. The van der Waals surface area contributed by atoms with Gasteiger partial charge in [-0.1, -0.05) is 12.2 Å². The van der Waals surface area contributed by atoms with E-state index in [2.05, 4.69) is 17.2 Å². The van der Waals surface area contributed by atoms with Crippen LogP contribution in [0.3, 0.4) is 0 Å². The van der Waals surface area contributed by atoms with Gasteiger partial charge in [0.05, 0.1) is 6.20 Å². The number of hydrogen-bond donors (Lipinski definition) is 1. The predicted octanol–water partition coefficient (Wildman–Crippen LogP) is 0.369. The van der Waals surface area contributed by atoms with Crippen LogP contribution in [0.5, 0.6) is 0 Å². The molecule has 2 rings (SSSR count). The van der Waals surface area contributed by atoms with Crippen molar-refractivity contribution in [2.24, 2.45) is 0 Å². The van der Waals surface area contributed by atoms with E-state index in [-0.39, 0.29) is 6.61 Å². The van der Waals surface area contributed by atoms with Crippen LogP contribution >= 0.6 is 12.2 Å². The average Bonchev–Trinajstić information content (AvgIpc) is 2.85. The number of carbonyl (C=O) groups excluding carboxylic acids is 3. The number of nitrogens with zero attached hydrogens (tertiary/aromatic N) is 1. The van der Waals surface area contributed by atoms with E-state index in [9.17, 15) is 23.6 Å². The first-order valence-electron chi connectivity index (χ1n) is 7.74. The number of nitrogens with one attached hydrogen (secondary N) is 1. The highest BCUT2D eigenvalue weighted by Crippen LogP contribution is 2.33. The summed E-state index contributed by atoms with van der Waals surface area (Å²) in [5.41, 5.74) is -0.835. The van der Waals surface area contributed by atoms with E-state index in [0.717, 1.165) is 31.5 Å². The summed E-state index contributed by atoms with van der Waals surface area (Å²) in [6.45, 7) is 3.03. The van der Waals surface area contributed by atoms with Crippen molar-refractivity contribution in [1.29, 1.82) is 0 Å². The van der Waals surface area contributed by atoms with Crippen molar-refractivity contribution in [1.82, 2.24) is 9.55 Å². The molecule has 1 aliphatic rings. The maximum absolute atomic E-state index is 13.8. The summed E-state index contributed by atoms with van der Waals surface area (Å²) < 4.78 is 35.0. The molecule has 1 aromatic heterocycles. The molecule has 0 bridgehead atoms. The van der Waals surface area contributed by atoms with E-state index in [1.165, 1.54) is 0 Å². The smallest absolute Gasteiger partial charge is 0.328 e. The Labute approximate surface area is 157 Å². The predicted molar refractivity (Wildman–Crippen MR) is 87.5 cm³/mol. The third kappa shape index (κ3) is 4.98. The molecule has 2 heterocycles. The second-order valence-corrected chi connectivity index (χ2v) is 6.07. The van der Waals surface area contributed by atoms with Gasteiger partial charge in [-0.2, -0.15) is 0 Å². The van der Waals surface area contributed by atoms with Crippen molar-refractivity contribution in [3.05, 3.63) is 27.1 Å². The quantitative estimate of drug-likeness (QED) is 0.421. The van der Waals surface area contributed by atoms with Crippen molar-refractivity contribution in [3.8, 4) is 0 Å². The fraction of sp³-hybridized carbons (Fsp3) is 0.533. The van der Waals surface area contributed by atoms with Gasteiger partial charge in [-0.05, 0) is 0 Å². The van der Waals surface area contributed by atoms with Crippen molar-refractivity contribution in [3.63, 3.8) is 0 Å². The zero-order valence-corrected chi connectivity index (χ0v) is 15.4. The molecule has 1 N–H and O–H groups in total. The molecule has 1 saturated heterocycles. The molecule has 1 aromatic rings. The van der Waals surface area contributed by atoms with Gasteiger partial charge in [-0.25, -0.2) is 9.18 Å². The number of carbonyl (C=O) groups is 3. The molecule has 0 spiro atoms.